The molecule has 1 atom stereocenters. The lowest BCUT2D eigenvalue weighted by Crippen LogP contribution is -2.42. The Balaban J connectivity index is 1.54. The molecule has 0 bridgehead atoms. The Labute approximate surface area is 198 Å². The molecule has 2 amide bonds. The lowest BCUT2D eigenvalue weighted by atomic mass is 9.94. The Bertz CT molecular complexity index is 1110. The molecule has 2 aromatic carbocycles. The molecule has 1 saturated heterocycles. The number of nitrogens with one attached hydrogen (secondary N) is 2. The van der Waals surface area contributed by atoms with Crippen LogP contribution >= 0.6 is 11.8 Å². The first-order valence-corrected chi connectivity index (χ1v) is 12.0. The van der Waals surface area contributed by atoms with E-state index in [1.54, 1.807) is 11.8 Å². The predicted molar refractivity (Wildman–Crippen MR) is 134 cm³/mol. The Hall–Kier alpha value is -3.26. The molecule has 172 valence electrons. The van der Waals surface area contributed by atoms with E-state index < -0.39 is 0 Å². The van der Waals surface area contributed by atoms with Crippen LogP contribution in [-0.4, -0.2) is 41.5 Å². The number of anilines is 2. The van der Waals surface area contributed by atoms with Crippen LogP contribution in [0, 0.1) is 0 Å². The van der Waals surface area contributed by atoms with Gasteiger partial charge in [0.2, 0.25) is 0 Å². The van der Waals surface area contributed by atoms with Gasteiger partial charge >= 0.3 is 12.0 Å². The Morgan fingerprint density at radius 2 is 1.91 bits per heavy atom. The van der Waals surface area contributed by atoms with Crippen molar-refractivity contribution in [3.63, 3.8) is 0 Å². The van der Waals surface area contributed by atoms with E-state index >= 15 is 0 Å². The summed E-state index contributed by atoms with van der Waals surface area (Å²) in [7, 11) is 1.40. The maximum atomic E-state index is 12.6. The summed E-state index contributed by atoms with van der Waals surface area (Å²) in [6.45, 7) is 4.73. The van der Waals surface area contributed by atoms with E-state index in [2.05, 4.69) is 27.4 Å². The average molecular weight is 465 g/mol. The van der Waals surface area contributed by atoms with E-state index in [9.17, 15) is 9.59 Å². The van der Waals surface area contributed by atoms with Crippen LogP contribution in [0.1, 0.15) is 37.4 Å². The van der Waals surface area contributed by atoms with Crippen molar-refractivity contribution >= 4 is 40.3 Å². The summed E-state index contributed by atoms with van der Waals surface area (Å²) in [5, 5.41) is 6.74. The number of amidine groups is 1. The molecule has 8 heteroatoms. The Kier molecular flexibility index (Phi) is 7.03. The van der Waals surface area contributed by atoms with Gasteiger partial charge in [-0.25, -0.2) is 14.6 Å². The average Bonchev–Trinajstić information content (AvgIpc) is 2.83. The maximum Gasteiger partial charge on any atom is 0.338 e. The summed E-state index contributed by atoms with van der Waals surface area (Å²) in [4.78, 5) is 32.0. The number of para-hydroxylation sites is 1. The molecule has 2 aliphatic heterocycles. The van der Waals surface area contributed by atoms with Gasteiger partial charge in [-0.1, -0.05) is 49.0 Å². The van der Waals surface area contributed by atoms with Gasteiger partial charge in [0.25, 0.3) is 0 Å². The van der Waals surface area contributed by atoms with Gasteiger partial charge in [-0.05, 0) is 49.1 Å². The van der Waals surface area contributed by atoms with Gasteiger partial charge in [-0.2, -0.15) is 0 Å². The number of thioether (sulfide) groups is 1. The Morgan fingerprint density at radius 1 is 1.15 bits per heavy atom. The molecule has 2 heterocycles. The van der Waals surface area contributed by atoms with Gasteiger partial charge in [0, 0.05) is 23.7 Å². The number of allylic oxidation sites excluding steroid dienone is 1. The third-order valence-electron chi connectivity index (χ3n) is 5.79. The van der Waals surface area contributed by atoms with Gasteiger partial charge < -0.3 is 20.3 Å². The molecule has 2 aliphatic rings. The highest BCUT2D eigenvalue weighted by atomic mass is 32.2. The number of rotatable bonds is 5. The first-order valence-electron chi connectivity index (χ1n) is 11.0. The Morgan fingerprint density at radius 3 is 2.64 bits per heavy atom. The van der Waals surface area contributed by atoms with Gasteiger partial charge in [0.15, 0.2) is 5.17 Å². The van der Waals surface area contributed by atoms with Crippen LogP contribution < -0.4 is 10.6 Å². The number of carbonyl (C=O) groups is 2. The van der Waals surface area contributed by atoms with Crippen LogP contribution in [0.3, 0.4) is 0 Å². The number of hydrogen-bond acceptors (Lipinski definition) is 6. The smallest absolute Gasteiger partial charge is 0.338 e. The fraction of sp³-hybridized carbons (Fsp3) is 0.320. The lowest BCUT2D eigenvalue weighted by Gasteiger charge is -2.40. The first-order chi connectivity index (χ1) is 16.0. The van der Waals surface area contributed by atoms with E-state index in [0.717, 1.165) is 47.1 Å². The van der Waals surface area contributed by atoms with Crippen molar-refractivity contribution in [2.24, 2.45) is 4.99 Å². The van der Waals surface area contributed by atoms with Crippen LogP contribution in [0.2, 0.25) is 0 Å². The molecule has 2 aromatic rings. The molecular formula is C25H28N4O3S. The second-order valence-corrected chi connectivity index (χ2v) is 8.96. The van der Waals surface area contributed by atoms with Gasteiger partial charge in [0.05, 0.1) is 24.4 Å². The molecule has 0 radical (unpaired) electrons. The SMILES string of the molecule is CCc1ccccc1NC(=O)Nc1ccc(C2C(C(=O)OC)=C(C)N=C3SCCCN32)cc1. The number of ether oxygens (including phenoxy) is 1. The van der Waals surface area contributed by atoms with Crippen LogP contribution in [0.4, 0.5) is 16.2 Å². The van der Waals surface area contributed by atoms with Crippen LogP contribution in [0.25, 0.3) is 0 Å². The first kappa shape index (κ1) is 22.9. The summed E-state index contributed by atoms with van der Waals surface area (Å²) >= 11 is 1.71. The van der Waals surface area contributed by atoms with Crippen LogP contribution in [-0.2, 0) is 16.0 Å². The van der Waals surface area contributed by atoms with Gasteiger partial charge in [-0.15, -0.1) is 0 Å². The number of esters is 1. The van der Waals surface area contributed by atoms with Crippen molar-refractivity contribution in [3.05, 3.63) is 70.9 Å². The number of benzene rings is 2. The van der Waals surface area contributed by atoms with Crippen molar-refractivity contribution in [3.8, 4) is 0 Å². The van der Waals surface area contributed by atoms with Crippen molar-refractivity contribution in [1.29, 1.82) is 0 Å². The van der Waals surface area contributed by atoms with E-state index in [1.807, 2.05) is 55.5 Å². The zero-order valence-electron chi connectivity index (χ0n) is 19.1. The maximum absolute atomic E-state index is 12.6. The fourth-order valence-electron chi connectivity index (χ4n) is 4.17. The highest BCUT2D eigenvalue weighted by Crippen LogP contribution is 2.40. The topological polar surface area (TPSA) is 83.0 Å². The minimum atomic E-state index is -0.368. The molecule has 0 spiro atoms. The fourth-order valence-corrected chi connectivity index (χ4v) is 5.19. The highest BCUT2D eigenvalue weighted by Gasteiger charge is 2.37. The highest BCUT2D eigenvalue weighted by molar-refractivity contribution is 8.13. The van der Waals surface area contributed by atoms with E-state index in [-0.39, 0.29) is 18.0 Å². The monoisotopic (exact) mass is 464 g/mol. The molecule has 0 aliphatic carbocycles. The number of urea groups is 1. The summed E-state index contributed by atoms with van der Waals surface area (Å²) < 4.78 is 5.08. The van der Waals surface area contributed by atoms with E-state index in [1.165, 1.54) is 7.11 Å². The minimum absolute atomic E-state index is 0.267. The summed E-state index contributed by atoms with van der Waals surface area (Å²) in [6, 6.07) is 14.8. The molecule has 4 rings (SSSR count). The number of carbonyl (C=O) groups excluding carboxylic acids is 2. The van der Waals surface area contributed by atoms with Crippen LogP contribution in [0.5, 0.6) is 0 Å². The molecule has 1 unspecified atom stereocenters. The molecule has 0 saturated carbocycles. The van der Waals surface area contributed by atoms with E-state index in [0.29, 0.717) is 17.0 Å². The number of amides is 2. The van der Waals surface area contributed by atoms with Crippen LogP contribution in [0.15, 0.2) is 64.8 Å². The lowest BCUT2D eigenvalue weighted by molar-refractivity contribution is -0.136. The number of nitrogens with zero attached hydrogens (tertiary/aromatic N) is 2. The number of hydrogen-bond donors (Lipinski definition) is 2. The zero-order valence-corrected chi connectivity index (χ0v) is 19.9. The van der Waals surface area contributed by atoms with Crippen molar-refractivity contribution in [2.45, 2.75) is 32.7 Å². The number of aliphatic imine (C=N–C) groups is 1. The second-order valence-electron chi connectivity index (χ2n) is 7.89. The number of aryl methyl sites for hydroxylation is 1. The standard InChI is InChI=1S/C25H28N4O3S/c1-4-17-8-5-6-9-20(17)28-24(31)27-19-12-10-18(11-13-19)22-21(23(30)32-3)16(2)26-25-29(22)14-7-15-33-25/h5-6,8-13,22H,4,7,14-15H2,1-3H3,(H2,27,28,31). The molecule has 33 heavy (non-hydrogen) atoms. The quantitative estimate of drug-likeness (QED) is 0.595. The predicted octanol–water partition coefficient (Wildman–Crippen LogP) is 5.19. The third kappa shape index (κ3) is 4.90. The molecule has 7 nitrogen and oxygen atoms in total. The largest absolute Gasteiger partial charge is 0.466 e. The minimum Gasteiger partial charge on any atom is -0.466 e. The third-order valence-corrected chi connectivity index (χ3v) is 6.87. The normalized spacial score (nSPS) is 17.7. The number of methoxy groups -OCH3 is 1. The van der Waals surface area contributed by atoms with Crippen molar-refractivity contribution in [2.75, 3.05) is 30.0 Å². The summed E-state index contributed by atoms with van der Waals surface area (Å²) in [5.74, 6) is 0.647. The zero-order chi connectivity index (χ0) is 23.4. The van der Waals surface area contributed by atoms with Crippen molar-refractivity contribution in [1.82, 2.24) is 4.90 Å². The molecule has 1 fully saturated rings. The summed E-state index contributed by atoms with van der Waals surface area (Å²) in [6.07, 6.45) is 1.86. The van der Waals surface area contributed by atoms with Gasteiger partial charge in [-0.3, -0.25) is 0 Å². The van der Waals surface area contributed by atoms with Gasteiger partial charge in [0.1, 0.15) is 0 Å². The number of fused-ring (bicyclic) bond motifs is 1. The second kappa shape index (κ2) is 10.1. The van der Waals surface area contributed by atoms with E-state index in [4.69, 9.17) is 4.74 Å². The summed E-state index contributed by atoms with van der Waals surface area (Å²) in [5.41, 5.74) is 4.74. The molecular weight excluding hydrogens is 436 g/mol. The molecule has 0 aromatic heterocycles. The molecule has 2 N–H and O–H groups in total. The van der Waals surface area contributed by atoms with Crippen molar-refractivity contribution < 1.29 is 14.3 Å².